The molecule has 1 fully saturated rings. The molecule has 1 rings (SSSR count). The Morgan fingerprint density at radius 3 is 1.54 bits per heavy atom. The standard InChI is InChI=1S/C49H82O10/c1-3-5-7-9-11-13-15-17-19-20-21-22-24-25-27-29-31-33-35-37-44(51)56-40-42(41-57-49-48(55)47(54)46(53)43(39-50)59-49)58-45(52)38-36-34-32-30-28-26-23-18-16-14-12-10-8-6-4-2/h11,13,17,19,21-22,25,27-28,30-31,33,42-43,46-50,53-55H,3-10,12,14-16,18,20,23-24,26,29,32,34-41H2,1-2H3/b13-11+,19-17+,22-21+,27-25+,30-28+,33-31+/t42-,43-,46+,47?,48?,49-/m0/s1. The molecule has 0 amide bonds. The third-order valence-electron chi connectivity index (χ3n) is 10.1. The Balaban J connectivity index is 2.40. The lowest BCUT2D eigenvalue weighted by molar-refractivity contribution is -0.305. The lowest BCUT2D eigenvalue weighted by Crippen LogP contribution is -2.59. The molecule has 0 aliphatic carbocycles. The van der Waals surface area contributed by atoms with Gasteiger partial charge < -0.3 is 39.4 Å². The lowest BCUT2D eigenvalue weighted by atomic mass is 9.99. The number of hydrogen-bond acceptors (Lipinski definition) is 10. The quantitative estimate of drug-likeness (QED) is 0.0271. The largest absolute Gasteiger partial charge is 0.462 e. The van der Waals surface area contributed by atoms with Crippen molar-refractivity contribution < 1.29 is 49.0 Å². The van der Waals surface area contributed by atoms with E-state index in [2.05, 4.69) is 74.6 Å². The molecule has 338 valence electrons. The SMILES string of the molecule is CCCCC/C=C/C/C=C/C/C=C/C/C=C/C/C=C/CCC(=O)OC[C@@H](CO[C@H]1O[C@@H](CO)[C@@H](O)C(O)C1O)OC(=O)CCCC/C=C/CCCCCCCCCCC. The molecule has 4 N–H and O–H groups in total. The van der Waals surface area contributed by atoms with Crippen LogP contribution in [0, 0.1) is 0 Å². The van der Waals surface area contributed by atoms with Crippen LogP contribution in [-0.2, 0) is 28.5 Å². The topological polar surface area (TPSA) is 152 Å². The first-order valence-corrected chi connectivity index (χ1v) is 23.0. The summed E-state index contributed by atoms with van der Waals surface area (Å²) in [5.41, 5.74) is 0. The number of ether oxygens (including phenoxy) is 4. The molecule has 10 heteroatoms. The van der Waals surface area contributed by atoms with E-state index in [-0.39, 0.29) is 26.1 Å². The summed E-state index contributed by atoms with van der Waals surface area (Å²) in [6, 6.07) is 0. The van der Waals surface area contributed by atoms with Crippen molar-refractivity contribution in [3.05, 3.63) is 72.9 Å². The maximum absolute atomic E-state index is 12.8. The molecular formula is C49H82O10. The Kier molecular flexibility index (Phi) is 36.1. The second-order valence-corrected chi connectivity index (χ2v) is 15.5. The Labute approximate surface area is 357 Å². The zero-order valence-corrected chi connectivity index (χ0v) is 36.7. The molecule has 0 aromatic rings. The van der Waals surface area contributed by atoms with Crippen molar-refractivity contribution >= 4 is 11.9 Å². The molecule has 0 radical (unpaired) electrons. The van der Waals surface area contributed by atoms with Gasteiger partial charge in [0.05, 0.1) is 13.2 Å². The van der Waals surface area contributed by atoms with Gasteiger partial charge in [0, 0.05) is 12.8 Å². The highest BCUT2D eigenvalue weighted by Gasteiger charge is 2.44. The van der Waals surface area contributed by atoms with Crippen LogP contribution in [0.3, 0.4) is 0 Å². The van der Waals surface area contributed by atoms with Crippen LogP contribution in [0.5, 0.6) is 0 Å². The lowest BCUT2D eigenvalue weighted by Gasteiger charge is -2.39. The molecule has 1 aliphatic rings. The summed E-state index contributed by atoms with van der Waals surface area (Å²) in [5.74, 6) is -0.933. The van der Waals surface area contributed by atoms with Crippen molar-refractivity contribution in [1.29, 1.82) is 0 Å². The van der Waals surface area contributed by atoms with Crippen molar-refractivity contribution in [2.75, 3.05) is 19.8 Å². The summed E-state index contributed by atoms with van der Waals surface area (Å²) in [4.78, 5) is 25.3. The van der Waals surface area contributed by atoms with Gasteiger partial charge in [-0.1, -0.05) is 151 Å². The number of hydrogen-bond donors (Lipinski definition) is 4. The fourth-order valence-electron chi connectivity index (χ4n) is 6.40. The molecule has 0 bridgehead atoms. The minimum Gasteiger partial charge on any atom is -0.462 e. The summed E-state index contributed by atoms with van der Waals surface area (Å²) in [6.45, 7) is 3.29. The van der Waals surface area contributed by atoms with Gasteiger partial charge in [-0.2, -0.15) is 0 Å². The molecular weight excluding hydrogens is 749 g/mol. The van der Waals surface area contributed by atoms with Gasteiger partial charge in [-0.05, 0) is 77.0 Å². The van der Waals surface area contributed by atoms with Gasteiger partial charge in [0.25, 0.3) is 0 Å². The predicted molar refractivity (Wildman–Crippen MR) is 238 cm³/mol. The molecule has 0 aromatic heterocycles. The van der Waals surface area contributed by atoms with Crippen LogP contribution < -0.4 is 0 Å². The second kappa shape index (κ2) is 39.3. The fourth-order valence-corrected chi connectivity index (χ4v) is 6.40. The van der Waals surface area contributed by atoms with E-state index in [1.165, 1.54) is 83.5 Å². The van der Waals surface area contributed by atoms with Crippen LogP contribution in [0.25, 0.3) is 0 Å². The van der Waals surface area contributed by atoms with Crippen LogP contribution in [0.1, 0.15) is 168 Å². The zero-order chi connectivity index (χ0) is 43.0. The molecule has 0 aromatic carbocycles. The Morgan fingerprint density at radius 1 is 0.525 bits per heavy atom. The third-order valence-corrected chi connectivity index (χ3v) is 10.1. The number of carbonyl (C=O) groups is 2. The van der Waals surface area contributed by atoms with E-state index in [9.17, 15) is 30.0 Å². The molecule has 0 saturated carbocycles. The predicted octanol–water partition coefficient (Wildman–Crippen LogP) is 10.00. The number of rotatable bonds is 37. The van der Waals surface area contributed by atoms with Crippen LogP contribution in [0.4, 0.5) is 0 Å². The molecule has 10 nitrogen and oxygen atoms in total. The number of unbranched alkanes of at least 4 members (excludes halogenated alkanes) is 14. The first-order valence-electron chi connectivity index (χ1n) is 23.0. The van der Waals surface area contributed by atoms with Gasteiger partial charge in [0.15, 0.2) is 12.4 Å². The molecule has 6 atom stereocenters. The minimum atomic E-state index is -1.61. The van der Waals surface area contributed by atoms with Crippen molar-refractivity contribution in [2.45, 2.75) is 205 Å². The van der Waals surface area contributed by atoms with Crippen LogP contribution in [-0.4, -0.2) is 89.0 Å². The van der Waals surface area contributed by atoms with Gasteiger partial charge in [-0.3, -0.25) is 9.59 Å². The first-order chi connectivity index (χ1) is 28.8. The molecule has 59 heavy (non-hydrogen) atoms. The normalized spacial score (nSPS) is 20.7. The van der Waals surface area contributed by atoms with Gasteiger partial charge in [0.1, 0.15) is 31.0 Å². The Bertz CT molecular complexity index is 1190. The molecule has 1 heterocycles. The van der Waals surface area contributed by atoms with E-state index < -0.39 is 55.4 Å². The highest BCUT2D eigenvalue weighted by atomic mass is 16.7. The van der Waals surface area contributed by atoms with Crippen molar-refractivity contribution in [3.63, 3.8) is 0 Å². The fraction of sp³-hybridized carbons (Fsp3) is 0.714. The van der Waals surface area contributed by atoms with E-state index >= 15 is 0 Å². The maximum Gasteiger partial charge on any atom is 0.306 e. The Hall–Kier alpha value is -2.86. The minimum absolute atomic E-state index is 0.145. The van der Waals surface area contributed by atoms with Crippen molar-refractivity contribution in [1.82, 2.24) is 0 Å². The van der Waals surface area contributed by atoms with E-state index in [0.717, 1.165) is 44.9 Å². The van der Waals surface area contributed by atoms with Crippen LogP contribution in [0.15, 0.2) is 72.9 Å². The monoisotopic (exact) mass is 831 g/mol. The maximum atomic E-state index is 12.8. The smallest absolute Gasteiger partial charge is 0.306 e. The van der Waals surface area contributed by atoms with Gasteiger partial charge in [-0.25, -0.2) is 0 Å². The third kappa shape index (κ3) is 30.8. The van der Waals surface area contributed by atoms with Crippen LogP contribution in [0.2, 0.25) is 0 Å². The highest BCUT2D eigenvalue weighted by molar-refractivity contribution is 5.70. The average Bonchev–Trinajstić information content (AvgIpc) is 3.23. The van der Waals surface area contributed by atoms with Gasteiger partial charge in [0.2, 0.25) is 0 Å². The van der Waals surface area contributed by atoms with Crippen molar-refractivity contribution in [3.8, 4) is 0 Å². The first kappa shape index (κ1) is 54.2. The average molecular weight is 831 g/mol. The summed E-state index contributed by atoms with van der Waals surface area (Å²) in [7, 11) is 0. The number of aliphatic hydroxyl groups is 4. The summed E-state index contributed by atoms with van der Waals surface area (Å²) in [5, 5.41) is 40.1. The summed E-state index contributed by atoms with van der Waals surface area (Å²) >= 11 is 0. The highest BCUT2D eigenvalue weighted by Crippen LogP contribution is 2.22. The second-order valence-electron chi connectivity index (χ2n) is 15.5. The summed E-state index contributed by atoms with van der Waals surface area (Å²) in [6.07, 6.45) is 42.1. The van der Waals surface area contributed by atoms with E-state index in [1.807, 2.05) is 12.2 Å². The van der Waals surface area contributed by atoms with Gasteiger partial charge >= 0.3 is 11.9 Å². The van der Waals surface area contributed by atoms with Crippen molar-refractivity contribution in [2.24, 2.45) is 0 Å². The van der Waals surface area contributed by atoms with E-state index in [4.69, 9.17) is 18.9 Å². The molecule has 0 spiro atoms. The molecule has 2 unspecified atom stereocenters. The summed E-state index contributed by atoms with van der Waals surface area (Å²) < 4.78 is 22.1. The zero-order valence-electron chi connectivity index (χ0n) is 36.7. The van der Waals surface area contributed by atoms with Crippen LogP contribution >= 0.6 is 0 Å². The van der Waals surface area contributed by atoms with E-state index in [1.54, 1.807) is 0 Å². The number of carbonyl (C=O) groups excluding carboxylic acids is 2. The number of allylic oxidation sites excluding steroid dienone is 12. The van der Waals surface area contributed by atoms with E-state index in [0.29, 0.717) is 12.8 Å². The number of esters is 2. The number of aliphatic hydroxyl groups excluding tert-OH is 4. The molecule has 1 aliphatic heterocycles. The Morgan fingerprint density at radius 2 is 0.983 bits per heavy atom. The molecule has 1 saturated heterocycles. The van der Waals surface area contributed by atoms with Gasteiger partial charge in [-0.15, -0.1) is 0 Å².